The van der Waals surface area contributed by atoms with Gasteiger partial charge in [0.05, 0.1) is 24.2 Å². The van der Waals surface area contributed by atoms with Crippen LogP contribution >= 0.6 is 0 Å². The zero-order valence-corrected chi connectivity index (χ0v) is 12.5. The van der Waals surface area contributed by atoms with Crippen LogP contribution in [0.2, 0.25) is 0 Å². The molecule has 0 aliphatic rings. The third-order valence-electron chi connectivity index (χ3n) is 3.32. The van der Waals surface area contributed by atoms with Crippen LogP contribution in [-0.2, 0) is 6.42 Å². The molecule has 0 radical (unpaired) electrons. The molecule has 0 fully saturated rings. The van der Waals surface area contributed by atoms with Gasteiger partial charge in [-0.3, -0.25) is 19.6 Å². The summed E-state index contributed by atoms with van der Waals surface area (Å²) in [7, 11) is 0. The highest BCUT2D eigenvalue weighted by Crippen LogP contribution is 2.17. The molecule has 3 aromatic heterocycles. The number of aromatic amines is 2. The second-order valence-corrected chi connectivity index (χ2v) is 5.05. The lowest BCUT2D eigenvalue weighted by Gasteiger charge is -2.06. The van der Waals surface area contributed by atoms with Crippen molar-refractivity contribution >= 4 is 0 Å². The van der Waals surface area contributed by atoms with Gasteiger partial charge in [0.1, 0.15) is 5.75 Å². The standard InChI is InChI=1S/C15H17N5O3/c21-15-18-14(20-23-15)4-2-1-3-9-22-11-5-6-12(16-10-11)13-7-8-17-19-13/h5-8,10H,1-4,9H2,(H,17,19)(H,18,20,21). The first-order valence-corrected chi connectivity index (χ1v) is 7.45. The number of ether oxygens (including phenoxy) is 1. The predicted molar refractivity (Wildman–Crippen MR) is 82.0 cm³/mol. The van der Waals surface area contributed by atoms with Crippen LogP contribution in [0.1, 0.15) is 25.1 Å². The lowest BCUT2D eigenvalue weighted by atomic mass is 10.2. The Kier molecular flexibility index (Phi) is 4.82. The van der Waals surface area contributed by atoms with Crippen molar-refractivity contribution in [3.05, 3.63) is 47.0 Å². The Morgan fingerprint density at radius 3 is 2.83 bits per heavy atom. The van der Waals surface area contributed by atoms with Gasteiger partial charge < -0.3 is 4.74 Å². The third kappa shape index (κ3) is 4.29. The van der Waals surface area contributed by atoms with Gasteiger partial charge in [-0.05, 0) is 37.5 Å². The number of rotatable bonds is 8. The van der Waals surface area contributed by atoms with Gasteiger partial charge in [-0.2, -0.15) is 5.10 Å². The zero-order valence-electron chi connectivity index (χ0n) is 12.5. The smallest absolute Gasteiger partial charge is 0.438 e. The molecule has 0 atom stereocenters. The lowest BCUT2D eigenvalue weighted by molar-refractivity contribution is 0.304. The lowest BCUT2D eigenvalue weighted by Crippen LogP contribution is -2.00. The molecule has 0 aliphatic carbocycles. The van der Waals surface area contributed by atoms with Crippen molar-refractivity contribution in [3.8, 4) is 17.1 Å². The van der Waals surface area contributed by atoms with Crippen LogP contribution < -0.4 is 10.5 Å². The van der Waals surface area contributed by atoms with E-state index in [2.05, 4.69) is 29.8 Å². The fraction of sp³-hybridized carbons (Fsp3) is 0.333. The highest BCUT2D eigenvalue weighted by Gasteiger charge is 2.02. The average molecular weight is 315 g/mol. The summed E-state index contributed by atoms with van der Waals surface area (Å²) in [5.74, 6) is 0.832. The zero-order chi connectivity index (χ0) is 15.9. The molecule has 8 heteroatoms. The number of aromatic nitrogens is 5. The van der Waals surface area contributed by atoms with Gasteiger partial charge in [0.25, 0.3) is 0 Å². The number of nitrogens with zero attached hydrogens (tertiary/aromatic N) is 3. The van der Waals surface area contributed by atoms with Crippen molar-refractivity contribution in [1.29, 1.82) is 0 Å². The Hall–Kier alpha value is -2.90. The second kappa shape index (κ2) is 7.39. The molecule has 0 amide bonds. The largest absolute Gasteiger partial charge is 0.492 e. The quantitative estimate of drug-likeness (QED) is 0.615. The van der Waals surface area contributed by atoms with E-state index in [4.69, 9.17) is 4.74 Å². The van der Waals surface area contributed by atoms with E-state index in [9.17, 15) is 4.79 Å². The minimum absolute atomic E-state index is 0.505. The first kappa shape index (κ1) is 15.0. The maximum absolute atomic E-state index is 10.8. The fourth-order valence-electron chi connectivity index (χ4n) is 2.15. The van der Waals surface area contributed by atoms with Gasteiger partial charge in [0.15, 0.2) is 5.82 Å². The van der Waals surface area contributed by atoms with Gasteiger partial charge in [0.2, 0.25) is 0 Å². The monoisotopic (exact) mass is 315 g/mol. The van der Waals surface area contributed by atoms with Crippen LogP contribution in [0.3, 0.4) is 0 Å². The molecule has 0 aliphatic heterocycles. The SMILES string of the molecule is O=c1[nH]c(CCCCCOc2ccc(-c3ccn[nH]3)nc2)no1. The molecule has 23 heavy (non-hydrogen) atoms. The Labute approximate surface area is 131 Å². The van der Waals surface area contributed by atoms with Gasteiger partial charge in [0, 0.05) is 12.6 Å². The minimum atomic E-state index is -0.505. The van der Waals surface area contributed by atoms with E-state index in [1.165, 1.54) is 0 Å². The molecule has 8 nitrogen and oxygen atoms in total. The molecular weight excluding hydrogens is 298 g/mol. The van der Waals surface area contributed by atoms with Crippen LogP contribution in [0.5, 0.6) is 5.75 Å². The van der Waals surface area contributed by atoms with Crippen LogP contribution in [-0.4, -0.2) is 31.9 Å². The molecule has 2 N–H and O–H groups in total. The van der Waals surface area contributed by atoms with Crippen LogP contribution in [0, 0.1) is 0 Å². The first-order valence-electron chi connectivity index (χ1n) is 7.45. The van der Waals surface area contributed by atoms with Gasteiger partial charge in [-0.15, -0.1) is 0 Å². The van der Waals surface area contributed by atoms with E-state index >= 15 is 0 Å². The molecule has 0 saturated heterocycles. The van der Waals surface area contributed by atoms with Crippen molar-refractivity contribution < 1.29 is 9.26 Å². The molecule has 120 valence electrons. The van der Waals surface area contributed by atoms with E-state index in [0.717, 1.165) is 36.4 Å². The molecule has 0 unspecified atom stereocenters. The number of hydrogen-bond donors (Lipinski definition) is 2. The molecular formula is C15H17N5O3. The van der Waals surface area contributed by atoms with Crippen LogP contribution in [0.25, 0.3) is 11.4 Å². The maximum atomic E-state index is 10.8. The van der Waals surface area contributed by atoms with Crippen molar-refractivity contribution in [1.82, 2.24) is 25.3 Å². The van der Waals surface area contributed by atoms with E-state index in [0.29, 0.717) is 18.9 Å². The summed E-state index contributed by atoms with van der Waals surface area (Å²) in [5, 5.41) is 10.4. The summed E-state index contributed by atoms with van der Waals surface area (Å²) < 4.78 is 10.1. The van der Waals surface area contributed by atoms with Crippen LogP contribution in [0.4, 0.5) is 0 Å². The summed E-state index contributed by atoms with van der Waals surface area (Å²) in [5.41, 5.74) is 1.71. The number of pyridine rings is 1. The molecule has 3 rings (SSSR count). The van der Waals surface area contributed by atoms with E-state index in [1.807, 2.05) is 18.2 Å². The molecule has 0 bridgehead atoms. The highest BCUT2D eigenvalue weighted by atomic mass is 16.5. The average Bonchev–Trinajstić information content (AvgIpc) is 3.23. The van der Waals surface area contributed by atoms with Crippen molar-refractivity contribution in [2.24, 2.45) is 0 Å². The number of H-pyrrole nitrogens is 2. The van der Waals surface area contributed by atoms with Crippen molar-refractivity contribution in [2.45, 2.75) is 25.7 Å². The number of nitrogens with one attached hydrogen (secondary N) is 2. The molecule has 0 saturated carbocycles. The summed E-state index contributed by atoms with van der Waals surface area (Å²) in [6.07, 6.45) is 6.92. The number of aryl methyl sites for hydroxylation is 1. The normalized spacial score (nSPS) is 10.8. The molecule has 3 heterocycles. The van der Waals surface area contributed by atoms with Gasteiger partial charge in [-0.1, -0.05) is 5.16 Å². The van der Waals surface area contributed by atoms with Gasteiger partial charge in [-0.25, -0.2) is 4.79 Å². The first-order chi connectivity index (χ1) is 11.3. The number of unbranched alkanes of at least 4 members (excludes halogenated alkanes) is 2. The maximum Gasteiger partial charge on any atom is 0.438 e. The summed E-state index contributed by atoms with van der Waals surface area (Å²) >= 11 is 0. The Balaban J connectivity index is 1.35. The second-order valence-electron chi connectivity index (χ2n) is 5.05. The summed E-state index contributed by atoms with van der Waals surface area (Å²) in [4.78, 5) is 17.6. The fourth-order valence-corrected chi connectivity index (χ4v) is 2.15. The summed E-state index contributed by atoms with van der Waals surface area (Å²) in [6.45, 7) is 0.625. The van der Waals surface area contributed by atoms with Crippen LogP contribution in [0.15, 0.2) is 39.9 Å². The predicted octanol–water partition coefficient (Wildman–Crippen LogP) is 1.94. The molecule has 0 spiro atoms. The van der Waals surface area contributed by atoms with Gasteiger partial charge >= 0.3 is 5.76 Å². The van der Waals surface area contributed by atoms with E-state index < -0.39 is 5.76 Å². The topological polar surface area (TPSA) is 110 Å². The third-order valence-corrected chi connectivity index (χ3v) is 3.32. The van der Waals surface area contributed by atoms with E-state index in [-0.39, 0.29) is 0 Å². The van der Waals surface area contributed by atoms with E-state index in [1.54, 1.807) is 12.4 Å². The minimum Gasteiger partial charge on any atom is -0.492 e. The Bertz CT molecular complexity index is 761. The summed E-state index contributed by atoms with van der Waals surface area (Å²) in [6, 6.07) is 5.65. The Morgan fingerprint density at radius 1 is 1.17 bits per heavy atom. The molecule has 0 aromatic carbocycles. The van der Waals surface area contributed by atoms with Crippen molar-refractivity contribution in [3.63, 3.8) is 0 Å². The highest BCUT2D eigenvalue weighted by molar-refractivity contribution is 5.53. The van der Waals surface area contributed by atoms with Crippen molar-refractivity contribution in [2.75, 3.05) is 6.61 Å². The molecule has 3 aromatic rings. The Morgan fingerprint density at radius 2 is 2.13 bits per heavy atom. The number of hydrogen-bond acceptors (Lipinski definition) is 6.